The van der Waals surface area contributed by atoms with Crippen molar-refractivity contribution in [1.82, 2.24) is 15.5 Å². The highest BCUT2D eigenvalue weighted by molar-refractivity contribution is 6.30. The number of nitrogens with zero attached hydrogens (tertiary/aromatic N) is 1. The van der Waals surface area contributed by atoms with E-state index in [4.69, 9.17) is 31.4 Å². The van der Waals surface area contributed by atoms with Crippen LogP contribution >= 0.6 is 11.6 Å². The number of rotatable bonds is 5. The zero-order valence-electron chi connectivity index (χ0n) is 15.1. The molecule has 8 heteroatoms. The molecule has 2 aromatic carbocycles. The predicted octanol–water partition coefficient (Wildman–Crippen LogP) is 3.74. The lowest BCUT2D eigenvalue weighted by molar-refractivity contribution is -0.159. The van der Waals surface area contributed by atoms with Crippen LogP contribution in [0.15, 0.2) is 60.8 Å². The van der Waals surface area contributed by atoms with Crippen molar-refractivity contribution in [2.75, 3.05) is 0 Å². The van der Waals surface area contributed by atoms with E-state index >= 15 is 0 Å². The fourth-order valence-electron chi connectivity index (χ4n) is 2.43. The van der Waals surface area contributed by atoms with Gasteiger partial charge in [-0.1, -0.05) is 54.1 Å². The third-order valence-electron chi connectivity index (χ3n) is 3.93. The van der Waals surface area contributed by atoms with Gasteiger partial charge in [-0.2, -0.15) is 5.10 Å². The first kappa shape index (κ1) is 21.1. The van der Waals surface area contributed by atoms with Crippen LogP contribution in [0.5, 0.6) is 0 Å². The fraction of sp³-hybridized carbons (Fsp3) is 0.150. The zero-order valence-corrected chi connectivity index (χ0v) is 15.8. The van der Waals surface area contributed by atoms with Gasteiger partial charge in [0, 0.05) is 23.2 Å². The Morgan fingerprint density at radius 3 is 2.25 bits per heavy atom. The quantitative estimate of drug-likeness (QED) is 0.484. The van der Waals surface area contributed by atoms with Gasteiger partial charge in [0.2, 0.25) is 0 Å². The molecule has 0 fully saturated rings. The van der Waals surface area contributed by atoms with Gasteiger partial charge in [-0.15, -0.1) is 0 Å². The number of carbonyl (C=O) groups is 2. The lowest BCUT2D eigenvalue weighted by Crippen LogP contribution is -2.18. The first-order chi connectivity index (χ1) is 13.4. The molecule has 4 N–H and O–H groups in total. The molecule has 3 aromatic rings. The van der Waals surface area contributed by atoms with E-state index in [2.05, 4.69) is 46.7 Å². The molecular formula is C20H20ClN3O4. The van der Waals surface area contributed by atoms with Gasteiger partial charge < -0.3 is 15.5 Å². The van der Waals surface area contributed by atoms with Crippen LogP contribution in [0.4, 0.5) is 0 Å². The Morgan fingerprint density at radius 2 is 1.68 bits per heavy atom. The van der Waals surface area contributed by atoms with Crippen molar-refractivity contribution in [3.8, 4) is 11.3 Å². The van der Waals surface area contributed by atoms with Crippen molar-refractivity contribution in [3.05, 3.63) is 76.9 Å². The number of carboxylic acids is 2. The van der Waals surface area contributed by atoms with E-state index in [0.717, 1.165) is 28.4 Å². The normalized spacial score (nSPS) is 11.2. The molecule has 0 saturated heterocycles. The monoisotopic (exact) mass is 401 g/mol. The second kappa shape index (κ2) is 10.2. The van der Waals surface area contributed by atoms with Gasteiger partial charge >= 0.3 is 11.9 Å². The summed E-state index contributed by atoms with van der Waals surface area (Å²) in [4.78, 5) is 18.2. The van der Waals surface area contributed by atoms with E-state index in [1.165, 1.54) is 5.56 Å². The smallest absolute Gasteiger partial charge is 0.414 e. The Hall–Kier alpha value is -3.16. The summed E-state index contributed by atoms with van der Waals surface area (Å²) in [5, 5.41) is 26.3. The molecule has 0 spiro atoms. The molecule has 28 heavy (non-hydrogen) atoms. The summed E-state index contributed by atoms with van der Waals surface area (Å²) in [6.07, 6.45) is 1.87. The van der Waals surface area contributed by atoms with Crippen LogP contribution in [0.3, 0.4) is 0 Å². The van der Waals surface area contributed by atoms with E-state index < -0.39 is 11.9 Å². The van der Waals surface area contributed by atoms with Crippen molar-refractivity contribution >= 4 is 23.5 Å². The summed E-state index contributed by atoms with van der Waals surface area (Å²) >= 11 is 5.95. The van der Waals surface area contributed by atoms with Crippen molar-refractivity contribution < 1.29 is 19.8 Å². The van der Waals surface area contributed by atoms with Crippen molar-refractivity contribution in [3.63, 3.8) is 0 Å². The number of aromatic amines is 1. The highest BCUT2D eigenvalue weighted by Gasteiger charge is 2.10. The molecule has 0 aliphatic rings. The zero-order chi connectivity index (χ0) is 20.5. The molecule has 0 amide bonds. The summed E-state index contributed by atoms with van der Waals surface area (Å²) in [6, 6.07) is 18.5. The van der Waals surface area contributed by atoms with Crippen LogP contribution in [-0.2, 0) is 16.1 Å². The standard InChI is InChI=1S/C18H18ClN3.C2H2O4/c1-13(14-5-3-2-4-6-14)20-11-16-12-21-22-18(16)15-7-9-17(19)10-8-15;3-1(4)2(5)6/h2-10,12-13,20H,11H2,1H3,(H,21,22);(H,3,4)(H,5,6). The number of carboxylic acid groups (broad SMARTS) is 2. The summed E-state index contributed by atoms with van der Waals surface area (Å²) in [6.45, 7) is 2.92. The molecule has 3 rings (SSSR count). The molecule has 146 valence electrons. The first-order valence-electron chi connectivity index (χ1n) is 8.41. The maximum absolute atomic E-state index is 9.10. The Labute approximate surface area is 167 Å². The largest absolute Gasteiger partial charge is 0.473 e. The molecule has 0 aliphatic heterocycles. The Kier molecular flexibility index (Phi) is 7.74. The molecule has 1 unspecified atom stereocenters. The number of hydrogen-bond acceptors (Lipinski definition) is 4. The summed E-state index contributed by atoms with van der Waals surface area (Å²) in [7, 11) is 0. The minimum absolute atomic E-state index is 0.286. The number of H-pyrrole nitrogens is 1. The molecular weight excluding hydrogens is 382 g/mol. The van der Waals surface area contributed by atoms with Crippen LogP contribution < -0.4 is 5.32 Å². The predicted molar refractivity (Wildman–Crippen MR) is 106 cm³/mol. The van der Waals surface area contributed by atoms with E-state index in [9.17, 15) is 0 Å². The average Bonchev–Trinajstić information content (AvgIpc) is 3.16. The van der Waals surface area contributed by atoms with Gasteiger partial charge in [-0.3, -0.25) is 5.10 Å². The highest BCUT2D eigenvalue weighted by Crippen LogP contribution is 2.23. The Bertz CT molecular complexity index is 899. The Balaban J connectivity index is 0.000000409. The summed E-state index contributed by atoms with van der Waals surface area (Å²) < 4.78 is 0. The van der Waals surface area contributed by atoms with E-state index in [-0.39, 0.29) is 6.04 Å². The molecule has 1 atom stereocenters. The number of halogens is 1. The minimum atomic E-state index is -1.82. The maximum atomic E-state index is 9.10. The topological polar surface area (TPSA) is 115 Å². The van der Waals surface area contributed by atoms with Gasteiger partial charge in [0.15, 0.2) is 0 Å². The molecule has 1 aromatic heterocycles. The number of nitrogens with one attached hydrogen (secondary N) is 2. The summed E-state index contributed by atoms with van der Waals surface area (Å²) in [5.74, 6) is -3.65. The molecule has 0 aliphatic carbocycles. The fourth-order valence-corrected chi connectivity index (χ4v) is 2.56. The molecule has 0 saturated carbocycles. The lowest BCUT2D eigenvalue weighted by Gasteiger charge is -2.14. The molecule has 1 heterocycles. The van der Waals surface area contributed by atoms with Crippen molar-refractivity contribution in [1.29, 1.82) is 0 Å². The highest BCUT2D eigenvalue weighted by atomic mass is 35.5. The van der Waals surface area contributed by atoms with E-state index in [1.54, 1.807) is 0 Å². The number of aliphatic carboxylic acids is 2. The van der Waals surface area contributed by atoms with Gasteiger partial charge in [-0.25, -0.2) is 9.59 Å². The lowest BCUT2D eigenvalue weighted by atomic mass is 10.1. The molecule has 0 radical (unpaired) electrons. The molecule has 0 bridgehead atoms. The van der Waals surface area contributed by atoms with Crippen LogP contribution in [0.25, 0.3) is 11.3 Å². The summed E-state index contributed by atoms with van der Waals surface area (Å²) in [5.41, 5.74) is 4.54. The van der Waals surface area contributed by atoms with Crippen molar-refractivity contribution in [2.24, 2.45) is 0 Å². The Morgan fingerprint density at radius 1 is 1.07 bits per heavy atom. The minimum Gasteiger partial charge on any atom is -0.473 e. The number of aromatic nitrogens is 2. The second-order valence-electron chi connectivity index (χ2n) is 5.90. The second-order valence-corrected chi connectivity index (χ2v) is 6.34. The van der Waals surface area contributed by atoms with E-state index in [0.29, 0.717) is 0 Å². The van der Waals surface area contributed by atoms with Crippen molar-refractivity contribution in [2.45, 2.75) is 19.5 Å². The maximum Gasteiger partial charge on any atom is 0.414 e. The van der Waals surface area contributed by atoms with Crippen LogP contribution in [0.2, 0.25) is 5.02 Å². The number of benzene rings is 2. The first-order valence-corrected chi connectivity index (χ1v) is 8.79. The van der Waals surface area contributed by atoms with Gasteiger partial charge in [-0.05, 0) is 30.2 Å². The van der Waals surface area contributed by atoms with Gasteiger partial charge in [0.1, 0.15) is 0 Å². The third kappa shape index (κ3) is 6.22. The average molecular weight is 402 g/mol. The van der Waals surface area contributed by atoms with E-state index in [1.807, 2.05) is 36.5 Å². The van der Waals surface area contributed by atoms with Crippen LogP contribution in [0, 0.1) is 0 Å². The SMILES string of the molecule is CC(NCc1cn[nH]c1-c1ccc(Cl)cc1)c1ccccc1.O=C(O)C(=O)O. The third-order valence-corrected chi connectivity index (χ3v) is 4.18. The van der Waals surface area contributed by atoms with Crippen LogP contribution in [0.1, 0.15) is 24.1 Å². The number of hydrogen-bond donors (Lipinski definition) is 4. The van der Waals surface area contributed by atoms with Gasteiger partial charge in [0.25, 0.3) is 0 Å². The van der Waals surface area contributed by atoms with Crippen LogP contribution in [-0.4, -0.2) is 32.3 Å². The van der Waals surface area contributed by atoms with Gasteiger partial charge in [0.05, 0.1) is 11.9 Å². The molecule has 7 nitrogen and oxygen atoms in total.